The van der Waals surface area contributed by atoms with Gasteiger partial charge < -0.3 is 5.32 Å². The first kappa shape index (κ1) is 17.9. The van der Waals surface area contributed by atoms with Crippen LogP contribution in [0.2, 0.25) is 0 Å². The van der Waals surface area contributed by atoms with E-state index in [0.29, 0.717) is 16.3 Å². The van der Waals surface area contributed by atoms with Gasteiger partial charge >= 0.3 is 0 Å². The molecule has 1 N–H and O–H groups in total. The quantitative estimate of drug-likeness (QED) is 0.705. The van der Waals surface area contributed by atoms with Crippen molar-refractivity contribution in [3.63, 3.8) is 0 Å². The molecule has 0 spiro atoms. The summed E-state index contributed by atoms with van der Waals surface area (Å²) in [4.78, 5) is 21.2. The van der Waals surface area contributed by atoms with Crippen LogP contribution in [0.1, 0.15) is 22.4 Å². The van der Waals surface area contributed by atoms with Crippen LogP contribution in [0.15, 0.2) is 41.6 Å². The molecule has 0 aliphatic rings. The maximum Gasteiger partial charge on any atom is 0.234 e. The standard InChI is InChI=1S/C20H18N4OS/c1-12-13(2)16(10-21)20(23-14(12)3)26-11-18(25)24-17-8-4-6-15-7-5-9-22-19(15)17/h4-9H,11H2,1-3H3,(H,24,25). The lowest BCUT2D eigenvalue weighted by Crippen LogP contribution is -2.15. The van der Waals surface area contributed by atoms with Gasteiger partial charge in [-0.15, -0.1) is 0 Å². The molecule has 1 amide bonds. The van der Waals surface area contributed by atoms with Crippen LogP contribution in [0.5, 0.6) is 0 Å². The van der Waals surface area contributed by atoms with E-state index in [-0.39, 0.29) is 11.7 Å². The number of nitriles is 1. The van der Waals surface area contributed by atoms with Crippen molar-refractivity contribution in [2.75, 3.05) is 11.1 Å². The fraction of sp³-hybridized carbons (Fsp3) is 0.200. The van der Waals surface area contributed by atoms with Crippen LogP contribution < -0.4 is 5.32 Å². The molecule has 0 aliphatic carbocycles. The van der Waals surface area contributed by atoms with Crippen molar-refractivity contribution in [1.29, 1.82) is 5.26 Å². The average molecular weight is 362 g/mol. The Labute approximate surface area is 156 Å². The van der Waals surface area contributed by atoms with E-state index in [9.17, 15) is 10.1 Å². The normalized spacial score (nSPS) is 10.5. The number of fused-ring (bicyclic) bond motifs is 1. The molecular weight excluding hydrogens is 344 g/mol. The van der Waals surface area contributed by atoms with E-state index in [1.807, 2.05) is 51.1 Å². The lowest BCUT2D eigenvalue weighted by atomic mass is 10.1. The predicted molar refractivity (Wildman–Crippen MR) is 104 cm³/mol. The Morgan fingerprint density at radius 1 is 1.19 bits per heavy atom. The number of aromatic nitrogens is 2. The number of amides is 1. The van der Waals surface area contributed by atoms with Crippen LogP contribution in [-0.4, -0.2) is 21.6 Å². The van der Waals surface area contributed by atoms with E-state index < -0.39 is 0 Å². The summed E-state index contributed by atoms with van der Waals surface area (Å²) in [6.45, 7) is 5.77. The van der Waals surface area contributed by atoms with Gasteiger partial charge in [-0.2, -0.15) is 5.26 Å². The molecular formula is C20H18N4OS. The summed E-state index contributed by atoms with van der Waals surface area (Å²) in [6, 6.07) is 11.7. The van der Waals surface area contributed by atoms with Gasteiger partial charge in [-0.05, 0) is 44.0 Å². The van der Waals surface area contributed by atoms with Crippen LogP contribution in [0.25, 0.3) is 10.9 Å². The van der Waals surface area contributed by atoms with E-state index in [1.165, 1.54) is 11.8 Å². The highest BCUT2D eigenvalue weighted by Crippen LogP contribution is 2.27. The molecule has 0 fully saturated rings. The van der Waals surface area contributed by atoms with Crippen molar-refractivity contribution in [3.8, 4) is 6.07 Å². The second kappa shape index (κ2) is 7.54. The minimum Gasteiger partial charge on any atom is -0.323 e. The molecule has 3 rings (SSSR count). The number of hydrogen-bond donors (Lipinski definition) is 1. The number of anilines is 1. The van der Waals surface area contributed by atoms with Crippen molar-refractivity contribution < 1.29 is 4.79 Å². The molecule has 0 saturated heterocycles. The van der Waals surface area contributed by atoms with Gasteiger partial charge in [-0.25, -0.2) is 4.98 Å². The summed E-state index contributed by atoms with van der Waals surface area (Å²) in [7, 11) is 0. The highest BCUT2D eigenvalue weighted by Gasteiger charge is 2.15. The number of nitrogens with one attached hydrogen (secondary N) is 1. The first-order chi connectivity index (χ1) is 12.5. The van der Waals surface area contributed by atoms with Crippen molar-refractivity contribution in [1.82, 2.24) is 9.97 Å². The monoisotopic (exact) mass is 362 g/mol. The summed E-state index contributed by atoms with van der Waals surface area (Å²) < 4.78 is 0. The third kappa shape index (κ3) is 3.53. The van der Waals surface area contributed by atoms with Crippen LogP contribution in [-0.2, 0) is 4.79 Å². The first-order valence-electron chi connectivity index (χ1n) is 8.15. The van der Waals surface area contributed by atoms with Crippen molar-refractivity contribution in [3.05, 3.63) is 58.9 Å². The molecule has 0 unspecified atom stereocenters. The zero-order valence-electron chi connectivity index (χ0n) is 14.8. The van der Waals surface area contributed by atoms with Crippen molar-refractivity contribution >= 4 is 34.3 Å². The largest absolute Gasteiger partial charge is 0.323 e. The van der Waals surface area contributed by atoms with Crippen LogP contribution in [0.3, 0.4) is 0 Å². The predicted octanol–water partition coefficient (Wildman–Crippen LogP) is 4.16. The Kier molecular flexibility index (Phi) is 5.19. The van der Waals surface area contributed by atoms with Crippen LogP contribution in [0.4, 0.5) is 5.69 Å². The van der Waals surface area contributed by atoms with E-state index in [4.69, 9.17) is 0 Å². The number of thioether (sulfide) groups is 1. The molecule has 0 bridgehead atoms. The molecule has 5 nitrogen and oxygen atoms in total. The molecule has 0 saturated carbocycles. The van der Waals surface area contributed by atoms with Gasteiger partial charge in [0.05, 0.1) is 22.5 Å². The lowest BCUT2D eigenvalue weighted by Gasteiger charge is -2.11. The fourth-order valence-corrected chi connectivity index (χ4v) is 3.56. The Balaban J connectivity index is 1.77. The Morgan fingerprint density at radius 3 is 2.73 bits per heavy atom. The maximum atomic E-state index is 12.4. The topological polar surface area (TPSA) is 78.7 Å². The zero-order chi connectivity index (χ0) is 18.7. The molecule has 6 heteroatoms. The highest BCUT2D eigenvalue weighted by molar-refractivity contribution is 8.00. The molecule has 3 aromatic rings. The van der Waals surface area contributed by atoms with Gasteiger partial charge in [-0.1, -0.05) is 30.0 Å². The average Bonchev–Trinajstić information content (AvgIpc) is 2.65. The number of pyridine rings is 2. The number of carbonyl (C=O) groups excluding carboxylic acids is 1. The molecule has 130 valence electrons. The van der Waals surface area contributed by atoms with E-state index in [0.717, 1.165) is 27.7 Å². The summed E-state index contributed by atoms with van der Waals surface area (Å²) in [5.74, 6) is 0.0158. The number of benzene rings is 1. The van der Waals surface area contributed by atoms with Gasteiger partial charge in [0.25, 0.3) is 0 Å². The van der Waals surface area contributed by atoms with E-state index in [1.54, 1.807) is 6.20 Å². The van der Waals surface area contributed by atoms with Crippen LogP contribution >= 0.6 is 11.8 Å². The summed E-state index contributed by atoms with van der Waals surface area (Å²) in [5, 5.41) is 13.9. The fourth-order valence-electron chi connectivity index (χ4n) is 2.67. The lowest BCUT2D eigenvalue weighted by molar-refractivity contribution is -0.113. The third-order valence-electron chi connectivity index (χ3n) is 4.32. The molecule has 26 heavy (non-hydrogen) atoms. The number of carbonyl (C=O) groups is 1. The van der Waals surface area contributed by atoms with Gasteiger partial charge in [0.1, 0.15) is 11.1 Å². The Bertz CT molecular complexity index is 1030. The van der Waals surface area contributed by atoms with Crippen molar-refractivity contribution in [2.24, 2.45) is 0 Å². The van der Waals surface area contributed by atoms with Crippen LogP contribution in [0, 0.1) is 32.1 Å². The summed E-state index contributed by atoms with van der Waals surface area (Å²) in [6.07, 6.45) is 1.70. The van der Waals surface area contributed by atoms with Gasteiger partial charge in [0.2, 0.25) is 5.91 Å². The Morgan fingerprint density at radius 2 is 1.96 bits per heavy atom. The number of nitrogens with zero attached hydrogens (tertiary/aromatic N) is 3. The van der Waals surface area contributed by atoms with Gasteiger partial charge in [0.15, 0.2) is 0 Å². The zero-order valence-corrected chi connectivity index (χ0v) is 15.6. The number of para-hydroxylation sites is 1. The number of aryl methyl sites for hydroxylation is 1. The highest BCUT2D eigenvalue weighted by atomic mass is 32.2. The van der Waals surface area contributed by atoms with E-state index in [2.05, 4.69) is 21.4 Å². The van der Waals surface area contributed by atoms with Gasteiger partial charge in [-0.3, -0.25) is 9.78 Å². The molecule has 0 radical (unpaired) electrons. The van der Waals surface area contributed by atoms with E-state index >= 15 is 0 Å². The maximum absolute atomic E-state index is 12.4. The molecule has 0 atom stereocenters. The third-order valence-corrected chi connectivity index (χ3v) is 5.30. The second-order valence-electron chi connectivity index (χ2n) is 5.96. The number of hydrogen-bond acceptors (Lipinski definition) is 5. The Hall–Kier alpha value is -2.91. The van der Waals surface area contributed by atoms with Crippen molar-refractivity contribution in [2.45, 2.75) is 25.8 Å². The molecule has 2 aromatic heterocycles. The molecule has 0 aliphatic heterocycles. The smallest absolute Gasteiger partial charge is 0.234 e. The summed E-state index contributed by atoms with van der Waals surface area (Å²) >= 11 is 1.28. The second-order valence-corrected chi connectivity index (χ2v) is 6.92. The molecule has 2 heterocycles. The summed E-state index contributed by atoms with van der Waals surface area (Å²) in [5.41, 5.74) is 4.78. The SMILES string of the molecule is Cc1nc(SCC(=O)Nc2cccc3cccnc23)c(C#N)c(C)c1C. The molecule has 1 aromatic carbocycles. The minimum atomic E-state index is -0.158. The number of rotatable bonds is 4. The first-order valence-corrected chi connectivity index (χ1v) is 9.14. The van der Waals surface area contributed by atoms with Gasteiger partial charge in [0, 0.05) is 17.3 Å². The minimum absolute atomic E-state index is 0.158.